The molecule has 1 aromatic carbocycles. The molecule has 14 heteroatoms. The average molecular weight is 567 g/mol. The van der Waals surface area contributed by atoms with Crippen LogP contribution in [0.4, 0.5) is 24.7 Å². The normalized spacial score (nSPS) is 18.9. The summed E-state index contributed by atoms with van der Waals surface area (Å²) in [4.78, 5) is 19.1. The fraction of sp³-hybridized carbons (Fsp3) is 0.370. The highest BCUT2D eigenvalue weighted by molar-refractivity contribution is 5.85. The molecular formula is C27H29F3N10O. The first-order valence-electron chi connectivity index (χ1n) is 13.2. The van der Waals surface area contributed by atoms with Crippen molar-refractivity contribution in [1.82, 2.24) is 34.3 Å². The third-order valence-electron chi connectivity index (χ3n) is 7.82. The van der Waals surface area contributed by atoms with E-state index in [4.69, 9.17) is 11.5 Å². The number of halogens is 3. The van der Waals surface area contributed by atoms with Crippen molar-refractivity contribution < 1.29 is 18.3 Å². The Hall–Kier alpha value is -4.30. The van der Waals surface area contributed by atoms with Crippen molar-refractivity contribution in [2.24, 2.45) is 12.8 Å². The van der Waals surface area contributed by atoms with Gasteiger partial charge in [0.15, 0.2) is 11.5 Å². The summed E-state index contributed by atoms with van der Waals surface area (Å²) < 4.78 is 45.9. The number of rotatable bonds is 6. The fourth-order valence-corrected chi connectivity index (χ4v) is 5.59. The highest BCUT2D eigenvalue weighted by atomic mass is 19.3. The lowest BCUT2D eigenvalue weighted by atomic mass is 9.88. The summed E-state index contributed by atoms with van der Waals surface area (Å²) in [5.41, 5.74) is 14.4. The molecule has 0 saturated carbocycles. The van der Waals surface area contributed by atoms with Gasteiger partial charge in [-0.1, -0.05) is 0 Å². The Labute approximate surface area is 232 Å². The monoisotopic (exact) mass is 566 g/mol. The number of aromatic nitrogens is 7. The first-order chi connectivity index (χ1) is 19.6. The SMILES string of the molecule is Cn1ncc2cc(-c3cc(Cn4cnc5c(N)ncnc54)c(N4CCCC[C@](N)([C@H](O)C(F)F)C4)cn3)c(F)cc21. The third kappa shape index (κ3) is 4.82. The lowest BCUT2D eigenvalue weighted by Crippen LogP contribution is -2.60. The Balaban J connectivity index is 1.47. The lowest BCUT2D eigenvalue weighted by molar-refractivity contribution is -0.0491. The molecule has 11 nitrogen and oxygen atoms in total. The molecule has 5 heterocycles. The number of nitrogen functional groups attached to an aromatic ring is 1. The molecule has 0 unspecified atom stereocenters. The van der Waals surface area contributed by atoms with Gasteiger partial charge in [0.25, 0.3) is 6.43 Å². The smallest absolute Gasteiger partial charge is 0.265 e. The maximum atomic E-state index is 15.3. The van der Waals surface area contributed by atoms with E-state index in [0.717, 1.165) is 5.39 Å². The van der Waals surface area contributed by atoms with Crippen molar-refractivity contribution in [3.8, 4) is 11.3 Å². The van der Waals surface area contributed by atoms with Crippen LogP contribution < -0.4 is 16.4 Å². The average Bonchev–Trinajstić information content (AvgIpc) is 3.46. The van der Waals surface area contributed by atoms with Gasteiger partial charge in [-0.3, -0.25) is 9.67 Å². The molecule has 1 aliphatic rings. The molecule has 0 aliphatic carbocycles. The summed E-state index contributed by atoms with van der Waals surface area (Å²) in [6.45, 7) is 0.737. The van der Waals surface area contributed by atoms with E-state index in [0.29, 0.717) is 53.0 Å². The van der Waals surface area contributed by atoms with Crippen LogP contribution in [0.15, 0.2) is 43.2 Å². The van der Waals surface area contributed by atoms with E-state index >= 15 is 4.39 Å². The van der Waals surface area contributed by atoms with Crippen LogP contribution in [0.2, 0.25) is 0 Å². The van der Waals surface area contributed by atoms with E-state index in [-0.39, 0.29) is 30.9 Å². The second kappa shape index (κ2) is 10.3. The van der Waals surface area contributed by atoms with Crippen LogP contribution in [0.1, 0.15) is 24.8 Å². The molecule has 5 N–H and O–H groups in total. The largest absolute Gasteiger partial charge is 0.385 e. The summed E-state index contributed by atoms with van der Waals surface area (Å²) in [5, 5.41) is 15.3. The van der Waals surface area contributed by atoms with E-state index in [1.54, 1.807) is 47.2 Å². The topological polar surface area (TPSA) is 150 Å². The van der Waals surface area contributed by atoms with Crippen LogP contribution >= 0.6 is 0 Å². The summed E-state index contributed by atoms with van der Waals surface area (Å²) in [6, 6.07) is 4.87. The highest BCUT2D eigenvalue weighted by Crippen LogP contribution is 2.34. The van der Waals surface area contributed by atoms with E-state index in [1.807, 2.05) is 4.90 Å². The van der Waals surface area contributed by atoms with E-state index in [1.165, 1.54) is 12.4 Å². The molecule has 4 aromatic heterocycles. The van der Waals surface area contributed by atoms with E-state index in [2.05, 4.69) is 25.0 Å². The molecule has 5 aromatic rings. The number of alkyl halides is 2. The minimum absolute atomic E-state index is 0.0116. The zero-order valence-corrected chi connectivity index (χ0v) is 22.3. The number of nitrogens with two attached hydrogens (primary N) is 2. The van der Waals surface area contributed by atoms with Gasteiger partial charge in [-0.25, -0.2) is 28.1 Å². The standard InChI is InChI=1S/C27H29F3N10O/c1-38-20-8-18(28)17(6-15(20)9-37-38)19-7-16(11-40-14-36-22-25(31)34-13-35-26(22)40)21(10-33-19)39-5-3-2-4-27(32,12-39)23(41)24(29)30/h6-10,13-14,23-24,41H,2-5,11-12,32H2,1H3,(H2,31,34,35)/t23-,27-/m1/s1. The van der Waals surface area contributed by atoms with Gasteiger partial charge in [-0.15, -0.1) is 0 Å². The first-order valence-corrected chi connectivity index (χ1v) is 13.2. The van der Waals surface area contributed by atoms with Crippen LogP contribution in [-0.4, -0.2) is 70.5 Å². The quantitative estimate of drug-likeness (QED) is 0.282. The zero-order valence-electron chi connectivity index (χ0n) is 22.3. The molecule has 0 amide bonds. The molecule has 0 radical (unpaired) electrons. The molecule has 6 rings (SSSR count). The van der Waals surface area contributed by atoms with Crippen LogP contribution in [0.3, 0.4) is 0 Å². The fourth-order valence-electron chi connectivity index (χ4n) is 5.59. The molecule has 1 fully saturated rings. The van der Waals surface area contributed by atoms with Crippen molar-refractivity contribution in [3.63, 3.8) is 0 Å². The van der Waals surface area contributed by atoms with Crippen LogP contribution in [0.5, 0.6) is 0 Å². The van der Waals surface area contributed by atoms with Crippen LogP contribution in [0, 0.1) is 5.82 Å². The number of pyridine rings is 1. The first kappa shape index (κ1) is 26.9. The van der Waals surface area contributed by atoms with Crippen molar-refractivity contribution in [2.75, 3.05) is 23.7 Å². The number of hydrogen-bond acceptors (Lipinski definition) is 9. The number of fused-ring (bicyclic) bond motifs is 2. The second-order valence-corrected chi connectivity index (χ2v) is 10.6. The Kier molecular flexibility index (Phi) is 6.74. The molecule has 0 bridgehead atoms. The molecule has 41 heavy (non-hydrogen) atoms. The minimum atomic E-state index is -2.98. The summed E-state index contributed by atoms with van der Waals surface area (Å²) in [6.07, 6.45) is 2.71. The van der Waals surface area contributed by atoms with Crippen molar-refractivity contribution in [1.29, 1.82) is 0 Å². The summed E-state index contributed by atoms with van der Waals surface area (Å²) >= 11 is 0. The van der Waals surface area contributed by atoms with E-state index in [9.17, 15) is 13.9 Å². The molecule has 214 valence electrons. The van der Waals surface area contributed by atoms with Crippen molar-refractivity contribution >= 4 is 33.6 Å². The maximum absolute atomic E-state index is 15.3. The number of hydrogen-bond donors (Lipinski definition) is 3. The Morgan fingerprint density at radius 1 is 1.10 bits per heavy atom. The molecule has 1 aliphatic heterocycles. The maximum Gasteiger partial charge on any atom is 0.265 e. The number of aliphatic hydroxyl groups is 1. The Morgan fingerprint density at radius 2 is 1.93 bits per heavy atom. The van der Waals surface area contributed by atoms with Gasteiger partial charge < -0.3 is 26.0 Å². The van der Waals surface area contributed by atoms with Gasteiger partial charge in [0.1, 0.15) is 23.8 Å². The van der Waals surface area contributed by atoms with Gasteiger partial charge >= 0.3 is 0 Å². The number of aliphatic hydroxyl groups excluding tert-OH is 1. The number of benzene rings is 1. The van der Waals surface area contributed by atoms with Gasteiger partial charge in [-0.05, 0) is 37.0 Å². The van der Waals surface area contributed by atoms with Gasteiger partial charge in [0, 0.05) is 37.2 Å². The summed E-state index contributed by atoms with van der Waals surface area (Å²) in [5.74, 6) is -0.227. The minimum Gasteiger partial charge on any atom is -0.385 e. The lowest BCUT2D eigenvalue weighted by Gasteiger charge is -2.37. The molecular weight excluding hydrogens is 537 g/mol. The number of aryl methyl sites for hydroxylation is 1. The van der Waals surface area contributed by atoms with Gasteiger partial charge in [-0.2, -0.15) is 5.10 Å². The summed E-state index contributed by atoms with van der Waals surface area (Å²) in [7, 11) is 1.74. The molecule has 1 saturated heterocycles. The Bertz CT molecular complexity index is 1740. The van der Waals surface area contributed by atoms with Crippen LogP contribution in [-0.2, 0) is 13.6 Å². The third-order valence-corrected chi connectivity index (χ3v) is 7.82. The number of nitrogens with zero attached hydrogens (tertiary/aromatic N) is 8. The highest BCUT2D eigenvalue weighted by Gasteiger charge is 2.42. The zero-order chi connectivity index (χ0) is 28.9. The Morgan fingerprint density at radius 3 is 2.73 bits per heavy atom. The number of imidazole rings is 1. The molecule has 2 atom stereocenters. The van der Waals surface area contributed by atoms with Crippen LogP contribution in [0.25, 0.3) is 33.3 Å². The predicted octanol–water partition coefficient (Wildman–Crippen LogP) is 2.86. The van der Waals surface area contributed by atoms with Crippen molar-refractivity contribution in [2.45, 2.75) is 43.9 Å². The van der Waals surface area contributed by atoms with Gasteiger partial charge in [0.05, 0.1) is 47.7 Å². The van der Waals surface area contributed by atoms with Crippen molar-refractivity contribution in [3.05, 3.63) is 54.6 Å². The van der Waals surface area contributed by atoms with Gasteiger partial charge in [0.2, 0.25) is 0 Å². The predicted molar refractivity (Wildman–Crippen MR) is 148 cm³/mol. The second-order valence-electron chi connectivity index (χ2n) is 10.6. The van der Waals surface area contributed by atoms with E-state index < -0.39 is 23.9 Å². The molecule has 0 spiro atoms. The number of anilines is 2.